The van der Waals surface area contributed by atoms with Gasteiger partial charge < -0.3 is 20.7 Å². The fraction of sp³-hybridized carbons (Fsp3) is 0.643. The molecule has 1 aromatic rings. The molecule has 1 atom stereocenters. The predicted octanol–water partition coefficient (Wildman–Crippen LogP) is 0.869. The third-order valence-electron chi connectivity index (χ3n) is 4.16. The third-order valence-corrected chi connectivity index (χ3v) is 4.16. The van der Waals surface area contributed by atoms with Crippen LogP contribution in [0.5, 0.6) is 0 Å². The van der Waals surface area contributed by atoms with E-state index in [1.807, 2.05) is 12.3 Å². The monoisotopic (exact) mass is 262 g/mol. The van der Waals surface area contributed by atoms with Gasteiger partial charge in [-0.05, 0) is 30.9 Å². The Morgan fingerprint density at radius 3 is 2.79 bits per heavy atom. The van der Waals surface area contributed by atoms with Crippen LogP contribution in [0.4, 0.5) is 11.5 Å². The van der Waals surface area contributed by atoms with Crippen molar-refractivity contribution in [2.45, 2.75) is 18.9 Å². The molecule has 5 heteroatoms. The molecular weight excluding hydrogens is 240 g/mol. The van der Waals surface area contributed by atoms with Gasteiger partial charge in [-0.15, -0.1) is 0 Å². The van der Waals surface area contributed by atoms with Crippen LogP contribution in [0.1, 0.15) is 12.8 Å². The molecule has 0 bridgehead atoms. The van der Waals surface area contributed by atoms with Crippen LogP contribution in [0.15, 0.2) is 18.3 Å². The fourth-order valence-corrected chi connectivity index (χ4v) is 3.00. The van der Waals surface area contributed by atoms with Gasteiger partial charge in [-0.2, -0.15) is 0 Å². The molecule has 5 nitrogen and oxygen atoms in total. The molecule has 0 radical (unpaired) electrons. The second-order valence-corrected chi connectivity index (χ2v) is 5.38. The Balaban J connectivity index is 1.55. The first-order valence-electron chi connectivity index (χ1n) is 7.12. The number of nitrogens with zero attached hydrogens (tertiary/aromatic N) is 2. The molecule has 1 aromatic heterocycles. The number of hydrogen-bond donors (Lipinski definition) is 2. The van der Waals surface area contributed by atoms with Crippen molar-refractivity contribution < 1.29 is 4.74 Å². The standard InChI is InChI=1S/C14H22N4O/c15-14-2-1-12(9-17-14)18-6-3-11(4-7-18)13-10-16-5-8-19-13/h1-2,9,11,13,16H,3-8,10H2,(H2,15,17). The molecule has 3 N–H and O–H groups in total. The van der Waals surface area contributed by atoms with Gasteiger partial charge in [0, 0.05) is 26.2 Å². The highest BCUT2D eigenvalue weighted by Gasteiger charge is 2.28. The molecule has 0 aliphatic carbocycles. The van der Waals surface area contributed by atoms with Gasteiger partial charge >= 0.3 is 0 Å². The molecule has 19 heavy (non-hydrogen) atoms. The second kappa shape index (κ2) is 5.75. The van der Waals surface area contributed by atoms with Gasteiger partial charge in [0.2, 0.25) is 0 Å². The number of rotatable bonds is 2. The van der Waals surface area contributed by atoms with E-state index in [0.29, 0.717) is 17.8 Å². The summed E-state index contributed by atoms with van der Waals surface area (Å²) in [6.07, 6.45) is 4.65. The van der Waals surface area contributed by atoms with Gasteiger partial charge in [-0.3, -0.25) is 0 Å². The number of morpholine rings is 1. The lowest BCUT2D eigenvalue weighted by Crippen LogP contribution is -2.46. The van der Waals surface area contributed by atoms with Crippen molar-refractivity contribution in [1.29, 1.82) is 0 Å². The van der Waals surface area contributed by atoms with Crippen LogP contribution in [-0.4, -0.2) is 43.9 Å². The van der Waals surface area contributed by atoms with Crippen LogP contribution in [0.2, 0.25) is 0 Å². The van der Waals surface area contributed by atoms with Crippen molar-refractivity contribution in [2.24, 2.45) is 5.92 Å². The molecule has 0 saturated carbocycles. The van der Waals surface area contributed by atoms with E-state index in [2.05, 4.69) is 21.3 Å². The van der Waals surface area contributed by atoms with Crippen molar-refractivity contribution in [2.75, 3.05) is 43.4 Å². The van der Waals surface area contributed by atoms with Crippen LogP contribution in [0.25, 0.3) is 0 Å². The van der Waals surface area contributed by atoms with Gasteiger partial charge in [0.05, 0.1) is 24.6 Å². The highest BCUT2D eigenvalue weighted by atomic mass is 16.5. The van der Waals surface area contributed by atoms with E-state index in [0.717, 1.165) is 32.8 Å². The van der Waals surface area contributed by atoms with E-state index >= 15 is 0 Å². The third kappa shape index (κ3) is 2.98. The molecule has 104 valence electrons. The number of nitrogens with one attached hydrogen (secondary N) is 1. The minimum Gasteiger partial charge on any atom is -0.384 e. The van der Waals surface area contributed by atoms with E-state index in [9.17, 15) is 0 Å². The van der Waals surface area contributed by atoms with Crippen molar-refractivity contribution in [1.82, 2.24) is 10.3 Å². The lowest BCUT2D eigenvalue weighted by atomic mass is 9.90. The minimum atomic E-state index is 0.403. The number of nitrogen functional groups attached to an aromatic ring is 1. The Bertz CT molecular complexity index is 394. The molecule has 0 amide bonds. The zero-order valence-electron chi connectivity index (χ0n) is 11.2. The molecular formula is C14H22N4O. The smallest absolute Gasteiger partial charge is 0.123 e. The Labute approximate surface area is 114 Å². The summed E-state index contributed by atoms with van der Waals surface area (Å²) in [7, 11) is 0. The summed E-state index contributed by atoms with van der Waals surface area (Å²) in [5.74, 6) is 1.27. The van der Waals surface area contributed by atoms with Crippen molar-refractivity contribution in [3.63, 3.8) is 0 Å². The Kier molecular flexibility index (Phi) is 3.84. The Morgan fingerprint density at radius 1 is 1.32 bits per heavy atom. The summed E-state index contributed by atoms with van der Waals surface area (Å²) >= 11 is 0. The SMILES string of the molecule is Nc1ccc(N2CCC(C3CNCCO3)CC2)cn1. The number of piperidine rings is 1. The number of nitrogens with two attached hydrogens (primary N) is 1. The highest BCUT2D eigenvalue weighted by molar-refractivity contribution is 5.48. The van der Waals surface area contributed by atoms with Gasteiger partial charge in [0.15, 0.2) is 0 Å². The minimum absolute atomic E-state index is 0.403. The summed E-state index contributed by atoms with van der Waals surface area (Å²) in [5.41, 5.74) is 6.80. The van der Waals surface area contributed by atoms with Gasteiger partial charge in [-0.1, -0.05) is 0 Å². The average Bonchev–Trinajstić information content (AvgIpc) is 2.49. The maximum absolute atomic E-state index is 5.86. The molecule has 0 spiro atoms. The quantitative estimate of drug-likeness (QED) is 0.828. The lowest BCUT2D eigenvalue weighted by molar-refractivity contribution is -0.0155. The molecule has 3 rings (SSSR count). The topological polar surface area (TPSA) is 63.4 Å². The van der Waals surface area contributed by atoms with Gasteiger partial charge in [-0.25, -0.2) is 4.98 Å². The van der Waals surface area contributed by atoms with Crippen LogP contribution >= 0.6 is 0 Å². The molecule has 3 heterocycles. The number of hydrogen-bond acceptors (Lipinski definition) is 5. The van der Waals surface area contributed by atoms with E-state index in [1.165, 1.54) is 18.5 Å². The first kappa shape index (κ1) is 12.7. The van der Waals surface area contributed by atoms with E-state index in [4.69, 9.17) is 10.5 Å². The van der Waals surface area contributed by atoms with Crippen LogP contribution in [0.3, 0.4) is 0 Å². The number of ether oxygens (including phenoxy) is 1. The second-order valence-electron chi connectivity index (χ2n) is 5.38. The normalized spacial score (nSPS) is 25.5. The van der Waals surface area contributed by atoms with Gasteiger partial charge in [0.1, 0.15) is 5.82 Å². The summed E-state index contributed by atoms with van der Waals surface area (Å²) in [6, 6.07) is 3.93. The Hall–Kier alpha value is -1.33. The van der Waals surface area contributed by atoms with Crippen molar-refractivity contribution >= 4 is 11.5 Å². The van der Waals surface area contributed by atoms with Crippen molar-refractivity contribution in [3.8, 4) is 0 Å². The molecule has 2 saturated heterocycles. The van der Waals surface area contributed by atoms with Crippen molar-refractivity contribution in [3.05, 3.63) is 18.3 Å². The zero-order chi connectivity index (χ0) is 13.1. The van der Waals surface area contributed by atoms with Crippen LogP contribution in [0, 0.1) is 5.92 Å². The molecule has 2 aliphatic heterocycles. The summed E-state index contributed by atoms with van der Waals surface area (Å²) < 4.78 is 5.86. The lowest BCUT2D eigenvalue weighted by Gasteiger charge is -2.38. The molecule has 1 unspecified atom stereocenters. The molecule has 2 aliphatic rings. The first-order chi connectivity index (χ1) is 9.33. The fourth-order valence-electron chi connectivity index (χ4n) is 3.00. The summed E-state index contributed by atoms with van der Waals surface area (Å²) in [6.45, 7) is 5.01. The maximum Gasteiger partial charge on any atom is 0.123 e. The first-order valence-corrected chi connectivity index (χ1v) is 7.12. The number of pyridine rings is 1. The predicted molar refractivity (Wildman–Crippen MR) is 76.2 cm³/mol. The average molecular weight is 262 g/mol. The van der Waals surface area contributed by atoms with Gasteiger partial charge in [0.25, 0.3) is 0 Å². The zero-order valence-corrected chi connectivity index (χ0v) is 11.2. The Morgan fingerprint density at radius 2 is 2.16 bits per heavy atom. The number of anilines is 2. The molecule has 0 aromatic carbocycles. The largest absolute Gasteiger partial charge is 0.384 e. The van der Waals surface area contributed by atoms with Crippen LogP contribution < -0.4 is 16.0 Å². The number of aromatic nitrogens is 1. The van der Waals surface area contributed by atoms with Crippen LogP contribution in [-0.2, 0) is 4.74 Å². The van der Waals surface area contributed by atoms with E-state index in [1.54, 1.807) is 0 Å². The molecule has 2 fully saturated rings. The van der Waals surface area contributed by atoms with E-state index in [-0.39, 0.29) is 0 Å². The van der Waals surface area contributed by atoms with E-state index < -0.39 is 0 Å². The summed E-state index contributed by atoms with van der Waals surface area (Å²) in [4.78, 5) is 6.55. The maximum atomic E-state index is 5.86. The summed E-state index contributed by atoms with van der Waals surface area (Å²) in [5, 5.41) is 3.42. The highest BCUT2D eigenvalue weighted by Crippen LogP contribution is 2.26.